The van der Waals surface area contributed by atoms with E-state index in [0.717, 1.165) is 18.9 Å². The molecule has 0 bridgehead atoms. The summed E-state index contributed by atoms with van der Waals surface area (Å²) < 4.78 is 38.0. The van der Waals surface area contributed by atoms with E-state index < -0.39 is 11.7 Å². The SMILES string of the molecule is CCCC(Br)Cc1ccccc1C(F)(F)F. The largest absolute Gasteiger partial charge is 0.416 e. The quantitative estimate of drug-likeness (QED) is 0.699. The molecule has 1 unspecified atom stereocenters. The maximum Gasteiger partial charge on any atom is 0.416 e. The van der Waals surface area contributed by atoms with Gasteiger partial charge in [0.1, 0.15) is 0 Å². The summed E-state index contributed by atoms with van der Waals surface area (Å²) in [6.45, 7) is 2.02. The molecule has 0 aliphatic rings. The Hall–Kier alpha value is -0.510. The third-order valence-electron chi connectivity index (χ3n) is 2.37. The fourth-order valence-electron chi connectivity index (χ4n) is 1.63. The maximum atomic E-state index is 12.7. The molecule has 90 valence electrons. The van der Waals surface area contributed by atoms with Gasteiger partial charge in [-0.1, -0.05) is 47.5 Å². The standard InChI is InChI=1S/C12H14BrF3/c1-2-5-10(13)8-9-6-3-4-7-11(9)12(14,15)16/h3-4,6-7,10H,2,5,8H2,1H3. The van der Waals surface area contributed by atoms with Gasteiger partial charge in [-0.2, -0.15) is 13.2 Å². The molecule has 0 aromatic heterocycles. The highest BCUT2D eigenvalue weighted by Crippen LogP contribution is 2.33. The van der Waals surface area contributed by atoms with Gasteiger partial charge in [0, 0.05) is 4.83 Å². The molecule has 0 saturated heterocycles. The molecule has 1 atom stereocenters. The minimum absolute atomic E-state index is 0.112. The van der Waals surface area contributed by atoms with E-state index in [4.69, 9.17) is 0 Å². The zero-order chi connectivity index (χ0) is 12.2. The predicted molar refractivity (Wildman–Crippen MR) is 62.8 cm³/mol. The molecule has 0 heterocycles. The Kier molecular flexibility index (Phi) is 4.84. The van der Waals surface area contributed by atoms with E-state index in [1.807, 2.05) is 6.92 Å². The van der Waals surface area contributed by atoms with Gasteiger partial charge in [0.05, 0.1) is 5.56 Å². The van der Waals surface area contributed by atoms with E-state index in [0.29, 0.717) is 12.0 Å². The molecule has 16 heavy (non-hydrogen) atoms. The number of rotatable bonds is 4. The zero-order valence-corrected chi connectivity index (χ0v) is 10.6. The van der Waals surface area contributed by atoms with Crippen molar-refractivity contribution in [3.8, 4) is 0 Å². The molecular formula is C12H14BrF3. The van der Waals surface area contributed by atoms with Gasteiger partial charge in [-0.25, -0.2) is 0 Å². The number of alkyl halides is 4. The van der Waals surface area contributed by atoms with Gasteiger partial charge in [0.2, 0.25) is 0 Å². The van der Waals surface area contributed by atoms with Crippen LogP contribution in [-0.4, -0.2) is 4.83 Å². The van der Waals surface area contributed by atoms with Crippen LogP contribution in [0.4, 0.5) is 13.2 Å². The lowest BCUT2D eigenvalue weighted by molar-refractivity contribution is -0.138. The molecule has 1 aromatic rings. The molecule has 0 nitrogen and oxygen atoms in total. The summed E-state index contributed by atoms with van der Waals surface area (Å²) in [5.41, 5.74) is -0.152. The van der Waals surface area contributed by atoms with E-state index in [2.05, 4.69) is 15.9 Å². The van der Waals surface area contributed by atoms with Crippen LogP contribution in [-0.2, 0) is 12.6 Å². The minimum atomic E-state index is -4.25. The topological polar surface area (TPSA) is 0 Å². The number of benzene rings is 1. The Morgan fingerprint density at radius 3 is 2.44 bits per heavy atom. The first kappa shape index (κ1) is 13.6. The minimum Gasteiger partial charge on any atom is -0.166 e. The van der Waals surface area contributed by atoms with Crippen molar-refractivity contribution in [3.63, 3.8) is 0 Å². The Labute approximate surface area is 102 Å². The second kappa shape index (κ2) is 5.71. The lowest BCUT2D eigenvalue weighted by Crippen LogP contribution is -2.12. The van der Waals surface area contributed by atoms with Crippen molar-refractivity contribution in [2.24, 2.45) is 0 Å². The van der Waals surface area contributed by atoms with Gasteiger partial charge in [0.15, 0.2) is 0 Å². The predicted octanol–water partition coefficient (Wildman–Crippen LogP) is 4.81. The molecule has 1 rings (SSSR count). The summed E-state index contributed by atoms with van der Waals surface area (Å²) >= 11 is 3.41. The van der Waals surface area contributed by atoms with E-state index >= 15 is 0 Å². The highest BCUT2D eigenvalue weighted by atomic mass is 79.9. The van der Waals surface area contributed by atoms with Crippen molar-refractivity contribution in [2.45, 2.75) is 37.2 Å². The first-order chi connectivity index (χ1) is 7.45. The van der Waals surface area contributed by atoms with Crippen molar-refractivity contribution in [2.75, 3.05) is 0 Å². The maximum absolute atomic E-state index is 12.7. The van der Waals surface area contributed by atoms with E-state index in [1.54, 1.807) is 12.1 Å². The summed E-state index contributed by atoms with van der Waals surface area (Å²) in [5, 5.41) is 0. The fourth-order valence-corrected chi connectivity index (χ4v) is 2.44. The van der Waals surface area contributed by atoms with Gasteiger partial charge in [0.25, 0.3) is 0 Å². The van der Waals surface area contributed by atoms with Gasteiger partial charge < -0.3 is 0 Å². The average molecular weight is 295 g/mol. The van der Waals surface area contributed by atoms with Crippen molar-refractivity contribution < 1.29 is 13.2 Å². The molecule has 0 aliphatic heterocycles. The van der Waals surface area contributed by atoms with Crippen molar-refractivity contribution in [3.05, 3.63) is 35.4 Å². The van der Waals surface area contributed by atoms with Crippen LogP contribution in [0.15, 0.2) is 24.3 Å². The van der Waals surface area contributed by atoms with Crippen molar-refractivity contribution in [1.29, 1.82) is 0 Å². The second-order valence-electron chi connectivity index (χ2n) is 3.74. The third kappa shape index (κ3) is 3.81. The molecular weight excluding hydrogens is 281 g/mol. The summed E-state index contributed by atoms with van der Waals surface area (Å²) in [4.78, 5) is 0.112. The lowest BCUT2D eigenvalue weighted by atomic mass is 10.0. The van der Waals surface area contributed by atoms with Crippen molar-refractivity contribution >= 4 is 15.9 Å². The first-order valence-electron chi connectivity index (χ1n) is 5.24. The monoisotopic (exact) mass is 294 g/mol. The molecule has 0 N–H and O–H groups in total. The number of halogens is 4. The Morgan fingerprint density at radius 1 is 1.25 bits per heavy atom. The normalized spacial score (nSPS) is 13.8. The second-order valence-corrected chi connectivity index (χ2v) is 5.04. The van der Waals surface area contributed by atoms with E-state index in [1.165, 1.54) is 6.07 Å². The smallest absolute Gasteiger partial charge is 0.166 e. The van der Waals surface area contributed by atoms with Gasteiger partial charge >= 0.3 is 6.18 Å². The highest BCUT2D eigenvalue weighted by molar-refractivity contribution is 9.09. The lowest BCUT2D eigenvalue weighted by Gasteiger charge is -2.15. The van der Waals surface area contributed by atoms with E-state index in [9.17, 15) is 13.2 Å². The van der Waals surface area contributed by atoms with Gasteiger partial charge in [-0.3, -0.25) is 0 Å². The zero-order valence-electron chi connectivity index (χ0n) is 9.02. The van der Waals surface area contributed by atoms with Gasteiger partial charge in [-0.05, 0) is 24.5 Å². The third-order valence-corrected chi connectivity index (χ3v) is 3.15. The summed E-state index contributed by atoms with van der Waals surface area (Å²) in [6.07, 6.45) is -1.99. The van der Waals surface area contributed by atoms with Crippen LogP contribution in [0.5, 0.6) is 0 Å². The molecule has 0 amide bonds. The van der Waals surface area contributed by atoms with Crippen LogP contribution >= 0.6 is 15.9 Å². The van der Waals surface area contributed by atoms with Crippen LogP contribution in [0.3, 0.4) is 0 Å². The summed E-state index contributed by atoms with van der Waals surface area (Å²) in [7, 11) is 0. The van der Waals surface area contributed by atoms with Crippen LogP contribution in [0, 0.1) is 0 Å². The number of hydrogen-bond donors (Lipinski definition) is 0. The molecule has 0 aliphatic carbocycles. The molecule has 4 heteroatoms. The fraction of sp³-hybridized carbons (Fsp3) is 0.500. The van der Waals surface area contributed by atoms with E-state index in [-0.39, 0.29) is 4.83 Å². The Balaban J connectivity index is 2.87. The highest BCUT2D eigenvalue weighted by Gasteiger charge is 2.33. The molecule has 1 aromatic carbocycles. The number of hydrogen-bond acceptors (Lipinski definition) is 0. The Morgan fingerprint density at radius 2 is 1.88 bits per heavy atom. The van der Waals surface area contributed by atoms with Crippen molar-refractivity contribution in [1.82, 2.24) is 0 Å². The molecule has 0 radical (unpaired) electrons. The Bertz CT molecular complexity index is 333. The van der Waals surface area contributed by atoms with Crippen LogP contribution < -0.4 is 0 Å². The van der Waals surface area contributed by atoms with Crippen LogP contribution in [0.25, 0.3) is 0 Å². The molecule has 0 fully saturated rings. The van der Waals surface area contributed by atoms with Crippen LogP contribution in [0.1, 0.15) is 30.9 Å². The molecule has 0 saturated carbocycles. The average Bonchev–Trinajstić information content (AvgIpc) is 2.17. The summed E-state index contributed by atoms with van der Waals surface area (Å²) in [6, 6.07) is 5.76. The first-order valence-corrected chi connectivity index (χ1v) is 6.16. The molecule has 0 spiro atoms. The summed E-state index contributed by atoms with van der Waals surface area (Å²) in [5.74, 6) is 0. The van der Waals surface area contributed by atoms with Gasteiger partial charge in [-0.15, -0.1) is 0 Å². The van der Waals surface area contributed by atoms with Crippen LogP contribution in [0.2, 0.25) is 0 Å².